The average Bonchev–Trinajstić information content (AvgIpc) is 2.89. The summed E-state index contributed by atoms with van der Waals surface area (Å²) in [5.41, 5.74) is 1.86. The first kappa shape index (κ1) is 14.8. The van der Waals surface area contributed by atoms with Gasteiger partial charge in [-0.3, -0.25) is 10.1 Å². The minimum atomic E-state index is -0.401. The van der Waals surface area contributed by atoms with E-state index >= 15 is 0 Å². The predicted molar refractivity (Wildman–Crippen MR) is 76.4 cm³/mol. The molecular formula is C12H12ClFN4OS. The summed E-state index contributed by atoms with van der Waals surface area (Å²) in [6.07, 6.45) is 0. The lowest BCUT2D eigenvalue weighted by molar-refractivity contribution is -0.115. The van der Waals surface area contributed by atoms with Crippen molar-refractivity contribution in [2.45, 2.75) is 13.0 Å². The Labute approximate surface area is 124 Å². The van der Waals surface area contributed by atoms with Crippen LogP contribution in [-0.4, -0.2) is 22.6 Å². The van der Waals surface area contributed by atoms with Gasteiger partial charge in [-0.2, -0.15) is 0 Å². The number of halogens is 2. The van der Waals surface area contributed by atoms with Crippen molar-refractivity contribution in [2.24, 2.45) is 0 Å². The lowest BCUT2D eigenvalue weighted by atomic mass is 10.1. The van der Waals surface area contributed by atoms with Crippen molar-refractivity contribution in [3.63, 3.8) is 0 Å². The number of hydrogen-bond acceptors (Lipinski definition) is 5. The van der Waals surface area contributed by atoms with Gasteiger partial charge in [0.2, 0.25) is 11.0 Å². The largest absolute Gasteiger partial charge is 0.302 e. The predicted octanol–water partition coefficient (Wildman–Crippen LogP) is 2.62. The molecule has 0 spiro atoms. The van der Waals surface area contributed by atoms with Crippen molar-refractivity contribution >= 4 is 34.0 Å². The Bertz CT molecular complexity index is 573. The summed E-state index contributed by atoms with van der Waals surface area (Å²) in [4.78, 5) is 11.7. The average molecular weight is 315 g/mol. The fourth-order valence-electron chi connectivity index (χ4n) is 1.66. The van der Waals surface area contributed by atoms with Crippen LogP contribution in [0.5, 0.6) is 0 Å². The first-order chi connectivity index (χ1) is 9.58. The highest BCUT2D eigenvalue weighted by Crippen LogP contribution is 2.25. The van der Waals surface area contributed by atoms with Gasteiger partial charge < -0.3 is 5.32 Å². The summed E-state index contributed by atoms with van der Waals surface area (Å²) in [5, 5.41) is 13.5. The highest BCUT2D eigenvalue weighted by atomic mass is 35.5. The van der Waals surface area contributed by atoms with Crippen LogP contribution in [-0.2, 0) is 4.79 Å². The molecule has 0 saturated carbocycles. The molecule has 0 unspecified atom stereocenters. The summed E-state index contributed by atoms with van der Waals surface area (Å²) in [5.74, 6) is -0.678. The zero-order valence-electron chi connectivity index (χ0n) is 10.6. The number of carbonyl (C=O) groups excluding carboxylic acids is 1. The smallest absolute Gasteiger partial charge is 0.240 e. The molecule has 0 fully saturated rings. The van der Waals surface area contributed by atoms with Crippen LogP contribution in [0.2, 0.25) is 5.02 Å². The zero-order chi connectivity index (χ0) is 14.5. The van der Waals surface area contributed by atoms with Gasteiger partial charge in [-0.05, 0) is 19.1 Å². The minimum absolute atomic E-state index is 0.0193. The second-order valence-electron chi connectivity index (χ2n) is 4.03. The quantitative estimate of drug-likeness (QED) is 0.890. The van der Waals surface area contributed by atoms with E-state index < -0.39 is 5.82 Å². The highest BCUT2D eigenvalue weighted by molar-refractivity contribution is 7.13. The molecule has 8 heteroatoms. The molecular weight excluding hydrogens is 303 g/mol. The number of nitrogens with one attached hydrogen (secondary N) is 2. The molecule has 0 bridgehead atoms. The van der Waals surface area contributed by atoms with Crippen LogP contribution in [0.25, 0.3) is 0 Å². The lowest BCUT2D eigenvalue weighted by Gasteiger charge is -2.15. The van der Waals surface area contributed by atoms with Crippen LogP contribution in [0.1, 0.15) is 18.5 Å². The molecule has 0 radical (unpaired) electrons. The van der Waals surface area contributed by atoms with Gasteiger partial charge in [0.05, 0.1) is 6.54 Å². The fraction of sp³-hybridized carbons (Fsp3) is 0.250. The van der Waals surface area contributed by atoms with E-state index in [2.05, 4.69) is 20.8 Å². The molecule has 2 aromatic rings. The van der Waals surface area contributed by atoms with Gasteiger partial charge in [0, 0.05) is 16.6 Å². The van der Waals surface area contributed by atoms with Crippen LogP contribution < -0.4 is 10.6 Å². The molecule has 1 amide bonds. The van der Waals surface area contributed by atoms with Gasteiger partial charge in [0.15, 0.2) is 0 Å². The third-order valence-corrected chi connectivity index (χ3v) is 3.54. The van der Waals surface area contributed by atoms with E-state index in [9.17, 15) is 9.18 Å². The Morgan fingerprint density at radius 1 is 1.55 bits per heavy atom. The lowest BCUT2D eigenvalue weighted by Crippen LogP contribution is -2.30. The van der Waals surface area contributed by atoms with E-state index in [0.717, 1.165) is 0 Å². The number of amides is 1. The Morgan fingerprint density at radius 3 is 3.00 bits per heavy atom. The SMILES string of the molecule is C[C@H](NCC(=O)Nc1nncs1)c1c(F)cccc1Cl. The first-order valence-corrected chi connectivity index (χ1v) is 7.07. The van der Waals surface area contributed by atoms with Gasteiger partial charge in [-0.15, -0.1) is 10.2 Å². The Morgan fingerprint density at radius 2 is 2.35 bits per heavy atom. The minimum Gasteiger partial charge on any atom is -0.302 e. The van der Waals surface area contributed by atoms with E-state index in [4.69, 9.17) is 11.6 Å². The number of aromatic nitrogens is 2. The van der Waals surface area contributed by atoms with E-state index in [1.54, 1.807) is 13.0 Å². The monoisotopic (exact) mass is 314 g/mol. The van der Waals surface area contributed by atoms with Gasteiger partial charge >= 0.3 is 0 Å². The van der Waals surface area contributed by atoms with Crippen LogP contribution >= 0.6 is 22.9 Å². The first-order valence-electron chi connectivity index (χ1n) is 5.81. The summed E-state index contributed by atoms with van der Waals surface area (Å²) < 4.78 is 13.7. The number of carbonyl (C=O) groups is 1. The maximum Gasteiger partial charge on any atom is 0.240 e. The van der Waals surface area contributed by atoms with E-state index in [-0.39, 0.29) is 18.5 Å². The van der Waals surface area contributed by atoms with Crippen LogP contribution in [0.4, 0.5) is 9.52 Å². The van der Waals surface area contributed by atoms with Crippen LogP contribution in [0.15, 0.2) is 23.7 Å². The molecule has 1 aromatic carbocycles. The second-order valence-corrected chi connectivity index (χ2v) is 5.27. The molecule has 2 rings (SSSR count). The van der Waals surface area contributed by atoms with Gasteiger partial charge in [0.1, 0.15) is 11.3 Å². The third kappa shape index (κ3) is 3.72. The van der Waals surface area contributed by atoms with Crippen molar-refractivity contribution in [1.82, 2.24) is 15.5 Å². The highest BCUT2D eigenvalue weighted by Gasteiger charge is 2.15. The normalized spacial score (nSPS) is 12.2. The van der Waals surface area contributed by atoms with Gasteiger partial charge in [0.25, 0.3) is 0 Å². The Balaban J connectivity index is 1.92. The van der Waals surface area contributed by atoms with Crippen molar-refractivity contribution in [1.29, 1.82) is 0 Å². The third-order valence-electron chi connectivity index (χ3n) is 2.61. The number of benzene rings is 1. The molecule has 0 aliphatic heterocycles. The standard InChI is InChI=1S/C12H12ClFN4OS/c1-7(11-8(13)3-2-4-9(11)14)15-5-10(19)17-12-18-16-6-20-12/h2-4,6-7,15H,5H2,1H3,(H,17,18,19)/t7-/m0/s1. The number of hydrogen-bond donors (Lipinski definition) is 2. The van der Waals surface area contributed by atoms with Gasteiger partial charge in [-0.25, -0.2) is 4.39 Å². The summed E-state index contributed by atoms with van der Waals surface area (Å²) in [7, 11) is 0. The van der Waals surface area contributed by atoms with Crippen molar-refractivity contribution < 1.29 is 9.18 Å². The van der Waals surface area contributed by atoms with E-state index in [1.165, 1.54) is 29.0 Å². The zero-order valence-corrected chi connectivity index (χ0v) is 12.1. The summed E-state index contributed by atoms with van der Waals surface area (Å²) in [6, 6.07) is 4.10. The Kier molecular flexibility index (Phi) is 4.99. The topological polar surface area (TPSA) is 66.9 Å². The number of rotatable bonds is 5. The molecule has 1 atom stereocenters. The van der Waals surface area contributed by atoms with Gasteiger partial charge in [-0.1, -0.05) is 29.0 Å². The molecule has 20 heavy (non-hydrogen) atoms. The molecule has 0 saturated heterocycles. The maximum absolute atomic E-state index is 13.7. The number of nitrogens with zero attached hydrogens (tertiary/aromatic N) is 2. The number of anilines is 1. The van der Waals surface area contributed by atoms with E-state index in [1.807, 2.05) is 0 Å². The molecule has 1 heterocycles. The molecule has 5 nitrogen and oxygen atoms in total. The van der Waals surface area contributed by atoms with E-state index in [0.29, 0.717) is 15.7 Å². The molecule has 106 valence electrons. The Hall–Kier alpha value is -1.57. The molecule has 2 N–H and O–H groups in total. The summed E-state index contributed by atoms with van der Waals surface area (Å²) >= 11 is 7.18. The van der Waals surface area contributed by atoms with Crippen LogP contribution in [0.3, 0.4) is 0 Å². The van der Waals surface area contributed by atoms with Crippen molar-refractivity contribution in [3.05, 3.63) is 40.1 Å². The second kappa shape index (κ2) is 6.74. The van der Waals surface area contributed by atoms with Crippen molar-refractivity contribution in [3.8, 4) is 0 Å². The maximum atomic E-state index is 13.7. The van der Waals surface area contributed by atoms with Crippen LogP contribution in [0, 0.1) is 5.82 Å². The fourth-order valence-corrected chi connectivity index (χ4v) is 2.45. The summed E-state index contributed by atoms with van der Waals surface area (Å²) in [6.45, 7) is 1.76. The molecule has 0 aliphatic carbocycles. The van der Waals surface area contributed by atoms with Crippen molar-refractivity contribution in [2.75, 3.05) is 11.9 Å². The molecule has 0 aliphatic rings. The molecule has 1 aromatic heterocycles.